The van der Waals surface area contributed by atoms with Gasteiger partial charge in [-0.2, -0.15) is 0 Å². The normalized spacial score (nSPS) is 12.5. The summed E-state index contributed by atoms with van der Waals surface area (Å²) in [4.78, 5) is 21.4. The number of hydrogen-bond acceptors (Lipinski definition) is 7. The largest absolute Gasteiger partial charge is 0.469 e. The van der Waals surface area contributed by atoms with Crippen LogP contribution < -0.4 is 5.56 Å². The van der Waals surface area contributed by atoms with Crippen LogP contribution in [0.25, 0.3) is 32.7 Å². The molecule has 0 aliphatic rings. The van der Waals surface area contributed by atoms with Crippen molar-refractivity contribution in [3.05, 3.63) is 70.0 Å². The van der Waals surface area contributed by atoms with Gasteiger partial charge in [-0.1, -0.05) is 42.1 Å². The highest BCUT2D eigenvalue weighted by Gasteiger charge is 2.20. The van der Waals surface area contributed by atoms with Gasteiger partial charge in [0.2, 0.25) is 0 Å². The Balaban J connectivity index is 1.46. The van der Waals surface area contributed by atoms with Gasteiger partial charge in [-0.15, -0.1) is 21.5 Å². The third kappa shape index (κ3) is 3.49. The van der Waals surface area contributed by atoms with Gasteiger partial charge in [-0.05, 0) is 25.5 Å². The summed E-state index contributed by atoms with van der Waals surface area (Å²) >= 11 is 2.98. The van der Waals surface area contributed by atoms with Crippen LogP contribution in [0.1, 0.15) is 23.8 Å². The third-order valence-electron chi connectivity index (χ3n) is 5.15. The maximum atomic E-state index is 12.9. The quantitative estimate of drug-likeness (QED) is 0.371. The third-order valence-corrected chi connectivity index (χ3v) is 7.16. The number of aromatic nitrogens is 5. The summed E-state index contributed by atoms with van der Waals surface area (Å²) in [6, 6.07) is 11.8. The molecule has 156 valence electrons. The maximum Gasteiger partial charge on any atom is 0.260 e. The molecule has 0 fully saturated rings. The number of nitrogens with one attached hydrogen (secondary N) is 1. The van der Waals surface area contributed by atoms with E-state index in [0.717, 1.165) is 38.3 Å². The highest BCUT2D eigenvalue weighted by Crippen LogP contribution is 2.36. The minimum Gasteiger partial charge on any atom is -0.469 e. The van der Waals surface area contributed by atoms with E-state index in [0.29, 0.717) is 11.2 Å². The standard InChI is InChI=1S/C22H19N5O2S2/c1-12-15(9-10-29-12)19-25-26-22(27(19)3)31-13(2)18-23-20(28)17-16(11-30-21(17)24-18)14-7-5-4-6-8-14/h4-11,13H,1-3H3,(H,23,24,28). The Morgan fingerprint density at radius 3 is 2.71 bits per heavy atom. The minimum atomic E-state index is -0.125. The lowest BCUT2D eigenvalue weighted by Crippen LogP contribution is -2.12. The second-order valence-corrected chi connectivity index (χ2v) is 9.33. The van der Waals surface area contributed by atoms with Crippen LogP contribution in [-0.4, -0.2) is 24.7 Å². The van der Waals surface area contributed by atoms with E-state index in [4.69, 9.17) is 9.40 Å². The molecule has 0 aliphatic carbocycles. The number of nitrogens with zero attached hydrogens (tertiary/aromatic N) is 4. The average Bonchev–Trinajstić information content (AvgIpc) is 3.48. The number of aromatic amines is 1. The zero-order valence-electron chi connectivity index (χ0n) is 17.1. The summed E-state index contributed by atoms with van der Waals surface area (Å²) in [6.45, 7) is 3.89. The highest BCUT2D eigenvalue weighted by molar-refractivity contribution is 7.99. The Hall–Kier alpha value is -3.17. The van der Waals surface area contributed by atoms with Crippen molar-refractivity contribution in [2.75, 3.05) is 0 Å². The summed E-state index contributed by atoms with van der Waals surface area (Å²) < 4.78 is 7.31. The lowest BCUT2D eigenvalue weighted by atomic mass is 10.1. The lowest BCUT2D eigenvalue weighted by Gasteiger charge is -2.10. The van der Waals surface area contributed by atoms with E-state index < -0.39 is 0 Å². The first-order valence-corrected chi connectivity index (χ1v) is 11.5. The van der Waals surface area contributed by atoms with E-state index in [9.17, 15) is 4.79 Å². The van der Waals surface area contributed by atoms with Crippen molar-refractivity contribution in [2.24, 2.45) is 7.05 Å². The molecule has 7 nitrogen and oxygen atoms in total. The molecule has 4 heterocycles. The molecule has 0 saturated carbocycles. The monoisotopic (exact) mass is 449 g/mol. The zero-order chi connectivity index (χ0) is 21.5. The maximum absolute atomic E-state index is 12.9. The number of thioether (sulfide) groups is 1. The molecular formula is C22H19N5O2S2. The predicted molar refractivity (Wildman–Crippen MR) is 123 cm³/mol. The Morgan fingerprint density at radius 1 is 1.16 bits per heavy atom. The predicted octanol–water partition coefficient (Wildman–Crippen LogP) is 5.20. The fraction of sp³-hybridized carbons (Fsp3) is 0.182. The van der Waals surface area contributed by atoms with Gasteiger partial charge in [0.1, 0.15) is 16.4 Å². The number of benzene rings is 1. The van der Waals surface area contributed by atoms with Gasteiger partial charge < -0.3 is 14.0 Å². The van der Waals surface area contributed by atoms with E-state index >= 15 is 0 Å². The molecule has 0 saturated heterocycles. The molecule has 0 aliphatic heterocycles. The molecule has 5 rings (SSSR count). The first kappa shape index (κ1) is 19.8. The van der Waals surface area contributed by atoms with E-state index in [-0.39, 0.29) is 10.8 Å². The molecule has 31 heavy (non-hydrogen) atoms. The first-order chi connectivity index (χ1) is 15.0. The van der Waals surface area contributed by atoms with Crippen molar-refractivity contribution in [1.82, 2.24) is 24.7 Å². The molecule has 5 aromatic rings. The summed E-state index contributed by atoms with van der Waals surface area (Å²) in [7, 11) is 1.92. The molecule has 4 aromatic heterocycles. The van der Waals surface area contributed by atoms with Crippen molar-refractivity contribution in [3.8, 4) is 22.5 Å². The van der Waals surface area contributed by atoms with Gasteiger partial charge in [0, 0.05) is 18.0 Å². The summed E-state index contributed by atoms with van der Waals surface area (Å²) in [5, 5.41) is 11.9. The van der Waals surface area contributed by atoms with Crippen molar-refractivity contribution < 1.29 is 4.42 Å². The SMILES string of the molecule is Cc1occc1-c1nnc(SC(C)c2nc3scc(-c4ccccc4)c3c(=O)[nH]2)n1C. The lowest BCUT2D eigenvalue weighted by molar-refractivity contribution is 0.534. The van der Waals surface area contributed by atoms with Crippen LogP contribution in [0.3, 0.4) is 0 Å². The van der Waals surface area contributed by atoms with Gasteiger partial charge >= 0.3 is 0 Å². The Labute approximate surface area is 186 Å². The van der Waals surface area contributed by atoms with Crippen molar-refractivity contribution in [2.45, 2.75) is 24.3 Å². The van der Waals surface area contributed by atoms with Gasteiger partial charge in [0.25, 0.3) is 5.56 Å². The smallest absolute Gasteiger partial charge is 0.260 e. The molecule has 1 N–H and O–H groups in total. The van der Waals surface area contributed by atoms with Crippen LogP contribution in [0.15, 0.2) is 62.4 Å². The minimum absolute atomic E-state index is 0.111. The molecular weight excluding hydrogens is 430 g/mol. The number of hydrogen-bond donors (Lipinski definition) is 1. The topological polar surface area (TPSA) is 89.6 Å². The molecule has 0 radical (unpaired) electrons. The van der Waals surface area contributed by atoms with Crippen molar-refractivity contribution in [3.63, 3.8) is 0 Å². The molecule has 0 amide bonds. The van der Waals surface area contributed by atoms with E-state index in [1.165, 1.54) is 23.1 Å². The fourth-order valence-corrected chi connectivity index (χ4v) is 5.30. The van der Waals surface area contributed by atoms with Gasteiger partial charge in [-0.3, -0.25) is 4.79 Å². The molecule has 0 bridgehead atoms. The van der Waals surface area contributed by atoms with E-state index in [2.05, 4.69) is 15.2 Å². The average molecular weight is 450 g/mol. The summed E-state index contributed by atoms with van der Waals surface area (Å²) in [5.74, 6) is 2.15. The van der Waals surface area contributed by atoms with Gasteiger partial charge in [-0.25, -0.2) is 4.98 Å². The number of H-pyrrole nitrogens is 1. The Morgan fingerprint density at radius 2 is 1.97 bits per heavy atom. The van der Waals surface area contributed by atoms with Gasteiger partial charge in [0.15, 0.2) is 11.0 Å². The van der Waals surface area contributed by atoms with Gasteiger partial charge in [0.05, 0.1) is 22.5 Å². The van der Waals surface area contributed by atoms with E-state index in [1.54, 1.807) is 6.26 Å². The second-order valence-electron chi connectivity index (χ2n) is 7.16. The fourth-order valence-electron chi connectivity index (χ4n) is 3.47. The number of thiophene rings is 1. The first-order valence-electron chi connectivity index (χ1n) is 9.70. The van der Waals surface area contributed by atoms with Crippen LogP contribution in [-0.2, 0) is 7.05 Å². The number of furan rings is 1. The number of rotatable bonds is 5. The Bertz CT molecular complexity index is 1430. The molecule has 1 aromatic carbocycles. The zero-order valence-corrected chi connectivity index (χ0v) is 18.8. The molecule has 9 heteroatoms. The summed E-state index contributed by atoms with van der Waals surface area (Å²) in [5.41, 5.74) is 2.71. The number of aryl methyl sites for hydroxylation is 1. The van der Waals surface area contributed by atoms with Crippen LogP contribution in [0.2, 0.25) is 0 Å². The van der Waals surface area contributed by atoms with E-state index in [1.807, 2.05) is 67.2 Å². The summed E-state index contributed by atoms with van der Waals surface area (Å²) in [6.07, 6.45) is 1.64. The molecule has 1 unspecified atom stereocenters. The molecule has 1 atom stereocenters. The number of fused-ring (bicyclic) bond motifs is 1. The Kier molecular flexibility index (Phi) is 4.99. The second kappa shape index (κ2) is 7.82. The van der Waals surface area contributed by atoms with Crippen LogP contribution in [0, 0.1) is 6.92 Å². The molecule has 0 spiro atoms. The van der Waals surface area contributed by atoms with Crippen molar-refractivity contribution >= 4 is 33.3 Å². The van der Waals surface area contributed by atoms with Crippen molar-refractivity contribution in [1.29, 1.82) is 0 Å². The van der Waals surface area contributed by atoms with Crippen LogP contribution >= 0.6 is 23.1 Å². The highest BCUT2D eigenvalue weighted by atomic mass is 32.2. The van der Waals surface area contributed by atoms with Crippen LogP contribution in [0.4, 0.5) is 0 Å². The van der Waals surface area contributed by atoms with Crippen LogP contribution in [0.5, 0.6) is 0 Å².